The lowest BCUT2D eigenvalue weighted by Crippen LogP contribution is -2.35. The van der Waals surface area contributed by atoms with Gasteiger partial charge in [-0.1, -0.05) is 20.8 Å². The van der Waals surface area contributed by atoms with Gasteiger partial charge in [-0.25, -0.2) is 0 Å². The van der Waals surface area contributed by atoms with Crippen molar-refractivity contribution in [2.45, 2.75) is 33.6 Å². The van der Waals surface area contributed by atoms with Crippen molar-refractivity contribution in [1.29, 1.82) is 0 Å². The van der Waals surface area contributed by atoms with Gasteiger partial charge in [-0.15, -0.1) is 0 Å². The van der Waals surface area contributed by atoms with E-state index in [4.69, 9.17) is 5.73 Å². The van der Waals surface area contributed by atoms with Gasteiger partial charge in [0, 0.05) is 20.1 Å². The van der Waals surface area contributed by atoms with Gasteiger partial charge >= 0.3 is 0 Å². The lowest BCUT2D eigenvalue weighted by atomic mass is 10.1. The molecule has 78 valence electrons. The minimum absolute atomic E-state index is 0.669. The van der Waals surface area contributed by atoms with Gasteiger partial charge in [-0.3, -0.25) is 4.99 Å². The van der Waals surface area contributed by atoms with Crippen LogP contribution in [0.2, 0.25) is 0 Å². The maximum atomic E-state index is 5.77. The van der Waals surface area contributed by atoms with Crippen molar-refractivity contribution >= 4 is 5.96 Å². The van der Waals surface area contributed by atoms with Crippen LogP contribution in [0.15, 0.2) is 4.99 Å². The summed E-state index contributed by atoms with van der Waals surface area (Å²) in [6.45, 7) is 8.36. The highest BCUT2D eigenvalue weighted by Gasteiger charge is 2.01. The monoisotopic (exact) mass is 185 g/mol. The molecule has 0 heterocycles. The molecule has 0 saturated heterocycles. The van der Waals surface area contributed by atoms with Crippen LogP contribution in [-0.4, -0.2) is 31.0 Å². The molecule has 0 aromatic rings. The van der Waals surface area contributed by atoms with Crippen molar-refractivity contribution in [3.05, 3.63) is 0 Å². The molecule has 13 heavy (non-hydrogen) atoms. The summed E-state index contributed by atoms with van der Waals surface area (Å²) in [5.74, 6) is 1.39. The first kappa shape index (κ1) is 12.3. The summed E-state index contributed by atoms with van der Waals surface area (Å²) < 4.78 is 0. The maximum absolute atomic E-state index is 5.77. The third-order valence-corrected chi connectivity index (χ3v) is 1.93. The Balaban J connectivity index is 3.74. The Morgan fingerprint density at radius 3 is 2.54 bits per heavy atom. The van der Waals surface area contributed by atoms with Crippen LogP contribution in [0.1, 0.15) is 33.6 Å². The van der Waals surface area contributed by atoms with Gasteiger partial charge in [0.05, 0.1) is 0 Å². The minimum atomic E-state index is 0.669. The third-order valence-electron chi connectivity index (χ3n) is 1.93. The molecule has 0 atom stereocenters. The number of nitrogens with two attached hydrogens (primary N) is 1. The van der Waals surface area contributed by atoms with E-state index in [9.17, 15) is 0 Å². The van der Waals surface area contributed by atoms with Crippen LogP contribution in [0.5, 0.6) is 0 Å². The molecule has 0 bridgehead atoms. The van der Waals surface area contributed by atoms with Crippen LogP contribution in [0.3, 0.4) is 0 Å². The number of rotatable bonds is 5. The van der Waals surface area contributed by atoms with Crippen molar-refractivity contribution in [2.24, 2.45) is 16.6 Å². The molecule has 0 aliphatic heterocycles. The number of guanidine groups is 1. The second-order valence-corrected chi connectivity index (χ2v) is 3.84. The fourth-order valence-electron chi connectivity index (χ4n) is 0.913. The molecular weight excluding hydrogens is 162 g/mol. The Labute approximate surface area is 82.0 Å². The summed E-state index contributed by atoms with van der Waals surface area (Å²) in [5, 5.41) is 0. The third kappa shape index (κ3) is 6.43. The topological polar surface area (TPSA) is 41.6 Å². The number of hydrogen-bond donors (Lipinski definition) is 1. The Morgan fingerprint density at radius 2 is 2.08 bits per heavy atom. The average Bonchev–Trinajstić information content (AvgIpc) is 2.10. The summed E-state index contributed by atoms with van der Waals surface area (Å²) in [6.07, 6.45) is 2.22. The van der Waals surface area contributed by atoms with E-state index in [1.807, 2.05) is 11.9 Å². The Kier molecular flexibility index (Phi) is 6.37. The molecule has 0 fully saturated rings. The predicted octanol–water partition coefficient (Wildman–Crippen LogP) is 1.69. The summed E-state index contributed by atoms with van der Waals surface area (Å²) in [6, 6.07) is 0. The first-order valence-corrected chi connectivity index (χ1v) is 5.09. The second kappa shape index (κ2) is 6.75. The van der Waals surface area contributed by atoms with Crippen LogP contribution >= 0.6 is 0 Å². The van der Waals surface area contributed by atoms with Crippen molar-refractivity contribution in [2.75, 3.05) is 20.1 Å². The van der Waals surface area contributed by atoms with E-state index in [0.717, 1.165) is 25.4 Å². The molecule has 0 unspecified atom stereocenters. The maximum Gasteiger partial charge on any atom is 0.190 e. The van der Waals surface area contributed by atoms with Gasteiger partial charge < -0.3 is 10.6 Å². The molecule has 0 radical (unpaired) electrons. The lowest BCUT2D eigenvalue weighted by molar-refractivity contribution is 0.432. The van der Waals surface area contributed by atoms with Gasteiger partial charge in [0.2, 0.25) is 0 Å². The van der Waals surface area contributed by atoms with E-state index in [1.54, 1.807) is 0 Å². The largest absolute Gasteiger partial charge is 0.370 e. The Bertz CT molecular complexity index is 152. The Morgan fingerprint density at radius 1 is 1.46 bits per heavy atom. The van der Waals surface area contributed by atoms with Gasteiger partial charge in [-0.2, -0.15) is 0 Å². The first-order chi connectivity index (χ1) is 6.07. The fourth-order valence-corrected chi connectivity index (χ4v) is 0.913. The molecule has 3 nitrogen and oxygen atoms in total. The molecule has 0 aromatic carbocycles. The van der Waals surface area contributed by atoms with Crippen molar-refractivity contribution in [3.8, 4) is 0 Å². The first-order valence-electron chi connectivity index (χ1n) is 5.09. The van der Waals surface area contributed by atoms with Gasteiger partial charge in [0.15, 0.2) is 5.96 Å². The van der Waals surface area contributed by atoms with E-state index in [1.165, 1.54) is 6.42 Å². The van der Waals surface area contributed by atoms with E-state index in [2.05, 4.69) is 25.8 Å². The molecule has 2 N–H and O–H groups in total. The molecular formula is C10H23N3. The van der Waals surface area contributed by atoms with Crippen LogP contribution in [0.25, 0.3) is 0 Å². The highest BCUT2D eigenvalue weighted by molar-refractivity contribution is 5.77. The zero-order chi connectivity index (χ0) is 10.3. The summed E-state index contributed by atoms with van der Waals surface area (Å²) >= 11 is 0. The van der Waals surface area contributed by atoms with Gasteiger partial charge in [0.1, 0.15) is 0 Å². The van der Waals surface area contributed by atoms with Crippen molar-refractivity contribution in [1.82, 2.24) is 4.90 Å². The van der Waals surface area contributed by atoms with Gasteiger partial charge in [-0.05, 0) is 18.8 Å². The predicted molar refractivity (Wildman–Crippen MR) is 58.9 cm³/mol. The fraction of sp³-hybridized carbons (Fsp3) is 0.900. The molecule has 0 amide bonds. The summed E-state index contributed by atoms with van der Waals surface area (Å²) in [5.41, 5.74) is 5.77. The van der Waals surface area contributed by atoms with Crippen LogP contribution in [-0.2, 0) is 0 Å². The lowest BCUT2D eigenvalue weighted by Gasteiger charge is -2.18. The van der Waals surface area contributed by atoms with E-state index < -0.39 is 0 Å². The van der Waals surface area contributed by atoms with Crippen LogP contribution < -0.4 is 5.73 Å². The summed E-state index contributed by atoms with van der Waals surface area (Å²) in [4.78, 5) is 6.26. The van der Waals surface area contributed by atoms with Crippen molar-refractivity contribution < 1.29 is 0 Å². The molecule has 3 heteroatoms. The number of nitrogens with zero attached hydrogens (tertiary/aromatic N) is 2. The van der Waals surface area contributed by atoms with Gasteiger partial charge in [0.25, 0.3) is 0 Å². The molecule has 0 aromatic heterocycles. The van der Waals surface area contributed by atoms with E-state index in [0.29, 0.717) is 5.96 Å². The highest BCUT2D eigenvalue weighted by atomic mass is 15.2. The number of aliphatic imine (C=N–C) groups is 1. The molecule has 0 saturated carbocycles. The average molecular weight is 185 g/mol. The van der Waals surface area contributed by atoms with E-state index in [-0.39, 0.29) is 0 Å². The zero-order valence-corrected chi connectivity index (χ0v) is 9.38. The zero-order valence-electron chi connectivity index (χ0n) is 9.38. The molecule has 0 aliphatic rings. The highest BCUT2D eigenvalue weighted by Crippen LogP contribution is 2.00. The Hall–Kier alpha value is -0.730. The SMILES string of the molecule is CCCN=C(N)N(C)CCC(C)C. The summed E-state index contributed by atoms with van der Waals surface area (Å²) in [7, 11) is 2.00. The molecule has 0 spiro atoms. The minimum Gasteiger partial charge on any atom is -0.370 e. The smallest absolute Gasteiger partial charge is 0.190 e. The molecule has 0 aliphatic carbocycles. The quantitative estimate of drug-likeness (QED) is 0.523. The van der Waals surface area contributed by atoms with E-state index >= 15 is 0 Å². The standard InChI is InChI=1S/C10H23N3/c1-5-7-12-10(11)13(4)8-6-9(2)3/h9H,5-8H2,1-4H3,(H2,11,12). The normalized spacial score (nSPS) is 12.2. The second-order valence-electron chi connectivity index (χ2n) is 3.84. The molecule has 0 rings (SSSR count). The number of hydrogen-bond acceptors (Lipinski definition) is 1. The van der Waals surface area contributed by atoms with Crippen LogP contribution in [0, 0.1) is 5.92 Å². The van der Waals surface area contributed by atoms with Crippen molar-refractivity contribution in [3.63, 3.8) is 0 Å². The van der Waals surface area contributed by atoms with Crippen LogP contribution in [0.4, 0.5) is 0 Å².